The molecule has 144 valence electrons. The molecule has 2 aromatic rings. The van der Waals surface area contributed by atoms with Crippen molar-refractivity contribution in [2.24, 2.45) is 0 Å². The van der Waals surface area contributed by atoms with Crippen LogP contribution in [0.4, 0.5) is 11.7 Å². The number of rotatable bonds is 3. The number of fused-ring (bicyclic) bond motifs is 1. The highest BCUT2D eigenvalue weighted by molar-refractivity contribution is 7.89. The number of sulfonamides is 1. The Bertz CT molecular complexity index is 979. The molecule has 0 unspecified atom stereocenters. The molecule has 10 heteroatoms. The van der Waals surface area contributed by atoms with Gasteiger partial charge in [0.25, 0.3) is 0 Å². The number of aryl methyl sites for hydroxylation is 2. The molecule has 1 fully saturated rings. The Balaban J connectivity index is 1.52. The number of hydrogen-bond acceptors (Lipinski definition) is 7. The average molecular weight is 391 g/mol. The fourth-order valence-electron chi connectivity index (χ4n) is 3.48. The van der Waals surface area contributed by atoms with Gasteiger partial charge in [-0.3, -0.25) is 4.79 Å². The number of aromatic nitrogens is 2. The summed E-state index contributed by atoms with van der Waals surface area (Å²) in [7, 11) is -1.88. The van der Waals surface area contributed by atoms with E-state index in [2.05, 4.69) is 10.2 Å². The maximum Gasteiger partial charge on any atom is 0.318 e. The van der Waals surface area contributed by atoms with E-state index in [1.54, 1.807) is 37.1 Å². The van der Waals surface area contributed by atoms with E-state index < -0.39 is 10.0 Å². The second-order valence-corrected chi connectivity index (χ2v) is 8.68. The van der Waals surface area contributed by atoms with Gasteiger partial charge in [0.15, 0.2) is 0 Å². The minimum absolute atomic E-state index is 0.0468. The molecule has 0 bridgehead atoms. The van der Waals surface area contributed by atoms with Crippen LogP contribution >= 0.6 is 0 Å². The highest BCUT2D eigenvalue weighted by Crippen LogP contribution is 2.30. The van der Waals surface area contributed by atoms with Crippen LogP contribution in [0.25, 0.3) is 0 Å². The summed E-state index contributed by atoms with van der Waals surface area (Å²) in [5.41, 5.74) is 1.67. The second kappa shape index (κ2) is 6.61. The first-order valence-corrected chi connectivity index (χ1v) is 10.2. The molecular formula is C17H21N5O4S. The Morgan fingerprint density at radius 2 is 1.81 bits per heavy atom. The van der Waals surface area contributed by atoms with Crippen LogP contribution in [0.2, 0.25) is 0 Å². The number of piperazine rings is 1. The summed E-state index contributed by atoms with van der Waals surface area (Å²) in [5, 5.41) is 7.80. The van der Waals surface area contributed by atoms with Crippen molar-refractivity contribution in [1.82, 2.24) is 14.5 Å². The lowest BCUT2D eigenvalue weighted by Crippen LogP contribution is -2.48. The molecule has 0 spiro atoms. The maximum absolute atomic E-state index is 13.0. The van der Waals surface area contributed by atoms with Gasteiger partial charge < -0.3 is 14.2 Å². The lowest BCUT2D eigenvalue weighted by Gasteiger charge is -2.33. The van der Waals surface area contributed by atoms with Crippen LogP contribution in [0, 0.1) is 6.92 Å². The predicted octanol–water partition coefficient (Wildman–Crippen LogP) is 0.798. The Morgan fingerprint density at radius 3 is 2.48 bits per heavy atom. The smallest absolute Gasteiger partial charge is 0.318 e. The van der Waals surface area contributed by atoms with Crippen LogP contribution in [-0.2, 0) is 21.2 Å². The number of carbonyl (C=O) groups excluding carboxylic acids is 1. The number of hydrogen-bond donors (Lipinski definition) is 0. The largest absolute Gasteiger partial charge is 0.408 e. The highest BCUT2D eigenvalue weighted by atomic mass is 32.2. The Morgan fingerprint density at radius 1 is 1.07 bits per heavy atom. The molecule has 1 saturated heterocycles. The molecule has 3 heterocycles. The molecule has 1 amide bonds. The summed E-state index contributed by atoms with van der Waals surface area (Å²) in [4.78, 5) is 15.6. The van der Waals surface area contributed by atoms with Gasteiger partial charge in [0.2, 0.25) is 21.8 Å². The first-order chi connectivity index (χ1) is 12.9. The molecule has 9 nitrogen and oxygen atoms in total. The van der Waals surface area contributed by atoms with Crippen molar-refractivity contribution in [2.75, 3.05) is 43.0 Å². The van der Waals surface area contributed by atoms with Crippen molar-refractivity contribution < 1.29 is 17.6 Å². The molecule has 0 atom stereocenters. The number of nitrogens with zero attached hydrogens (tertiary/aromatic N) is 5. The van der Waals surface area contributed by atoms with Crippen molar-refractivity contribution in [2.45, 2.75) is 24.7 Å². The Kier molecular flexibility index (Phi) is 4.39. The summed E-state index contributed by atoms with van der Waals surface area (Å²) in [6.07, 6.45) is 0.960. The third kappa shape index (κ3) is 3.19. The first kappa shape index (κ1) is 17.9. The quantitative estimate of drug-likeness (QED) is 0.763. The van der Waals surface area contributed by atoms with Crippen LogP contribution in [-0.4, -0.2) is 62.1 Å². The molecule has 1 aromatic carbocycles. The minimum atomic E-state index is -3.59. The first-order valence-electron chi connectivity index (χ1n) is 8.81. The summed E-state index contributed by atoms with van der Waals surface area (Å²) in [6, 6.07) is 5.42. The zero-order valence-electron chi connectivity index (χ0n) is 15.3. The molecule has 4 rings (SSSR count). The van der Waals surface area contributed by atoms with Crippen LogP contribution in [0.5, 0.6) is 0 Å². The lowest BCUT2D eigenvalue weighted by atomic mass is 10.0. The molecule has 0 saturated carbocycles. The third-order valence-corrected chi connectivity index (χ3v) is 6.95. The molecule has 2 aliphatic rings. The molecule has 0 N–H and O–H groups in total. The summed E-state index contributed by atoms with van der Waals surface area (Å²) in [6.45, 7) is 3.39. The van der Waals surface area contributed by atoms with Crippen molar-refractivity contribution in [3.05, 3.63) is 29.7 Å². The van der Waals surface area contributed by atoms with Gasteiger partial charge in [-0.05, 0) is 30.2 Å². The van der Waals surface area contributed by atoms with Gasteiger partial charge in [-0.25, -0.2) is 8.42 Å². The van der Waals surface area contributed by atoms with E-state index in [9.17, 15) is 13.2 Å². The van der Waals surface area contributed by atoms with E-state index in [1.807, 2.05) is 4.90 Å². The summed E-state index contributed by atoms with van der Waals surface area (Å²) in [5.74, 6) is 0.531. The van der Waals surface area contributed by atoms with E-state index in [0.29, 0.717) is 50.9 Å². The van der Waals surface area contributed by atoms with E-state index >= 15 is 0 Å². The topological polar surface area (TPSA) is 99.8 Å². The number of carbonyl (C=O) groups is 1. The van der Waals surface area contributed by atoms with Crippen molar-refractivity contribution in [3.8, 4) is 0 Å². The van der Waals surface area contributed by atoms with Crippen molar-refractivity contribution in [1.29, 1.82) is 0 Å². The molecule has 0 radical (unpaired) electrons. The van der Waals surface area contributed by atoms with Crippen molar-refractivity contribution >= 4 is 27.6 Å². The monoisotopic (exact) mass is 391 g/mol. The molecule has 2 aliphatic heterocycles. The van der Waals surface area contributed by atoms with E-state index in [0.717, 1.165) is 11.3 Å². The predicted molar refractivity (Wildman–Crippen MR) is 98.2 cm³/mol. The SMILES string of the molecule is Cc1nnc(N2CCN(S(=O)(=O)c3ccc4c(c3)CCC(=O)N4C)CC2)o1. The molecular weight excluding hydrogens is 370 g/mol. The minimum Gasteiger partial charge on any atom is -0.408 e. The maximum atomic E-state index is 13.0. The molecule has 27 heavy (non-hydrogen) atoms. The number of amides is 1. The van der Waals surface area contributed by atoms with Gasteiger partial charge >= 0.3 is 6.01 Å². The lowest BCUT2D eigenvalue weighted by molar-refractivity contribution is -0.118. The van der Waals surface area contributed by atoms with Gasteiger partial charge in [0.1, 0.15) is 0 Å². The molecule has 0 aliphatic carbocycles. The van der Waals surface area contributed by atoms with Crippen LogP contribution in [0.3, 0.4) is 0 Å². The van der Waals surface area contributed by atoms with Crippen LogP contribution in [0.15, 0.2) is 27.5 Å². The summed E-state index contributed by atoms with van der Waals surface area (Å²) < 4.78 is 33.0. The Labute approximate surface area is 157 Å². The Hall–Kier alpha value is -2.46. The fraction of sp³-hybridized carbons (Fsp3) is 0.471. The number of benzene rings is 1. The standard InChI is InChI=1S/C17H21N5O4S/c1-12-18-19-17(26-12)21-7-9-22(10-8-21)27(24,25)14-4-5-15-13(11-14)3-6-16(23)20(15)2/h4-5,11H,3,6-10H2,1-2H3. The average Bonchev–Trinajstić information content (AvgIpc) is 3.11. The van der Waals surface area contributed by atoms with E-state index in [1.165, 1.54) is 4.31 Å². The van der Waals surface area contributed by atoms with Gasteiger partial charge in [-0.1, -0.05) is 5.10 Å². The summed E-state index contributed by atoms with van der Waals surface area (Å²) >= 11 is 0. The van der Waals surface area contributed by atoms with Crippen molar-refractivity contribution in [3.63, 3.8) is 0 Å². The van der Waals surface area contributed by atoms with Gasteiger partial charge in [0, 0.05) is 52.3 Å². The van der Waals surface area contributed by atoms with Gasteiger partial charge in [0.05, 0.1) is 4.90 Å². The normalized spacial score (nSPS) is 18.7. The van der Waals surface area contributed by atoms with Crippen LogP contribution in [0.1, 0.15) is 17.9 Å². The van der Waals surface area contributed by atoms with E-state index in [-0.39, 0.29) is 10.8 Å². The third-order valence-electron chi connectivity index (χ3n) is 5.06. The zero-order chi connectivity index (χ0) is 19.2. The molecule has 1 aromatic heterocycles. The zero-order valence-corrected chi connectivity index (χ0v) is 16.1. The highest BCUT2D eigenvalue weighted by Gasteiger charge is 2.31. The van der Waals surface area contributed by atoms with Crippen LogP contribution < -0.4 is 9.80 Å². The fourth-order valence-corrected chi connectivity index (χ4v) is 4.95. The van der Waals surface area contributed by atoms with E-state index in [4.69, 9.17) is 4.42 Å². The van der Waals surface area contributed by atoms with Gasteiger partial charge in [-0.15, -0.1) is 5.10 Å². The van der Waals surface area contributed by atoms with Gasteiger partial charge in [-0.2, -0.15) is 4.31 Å². The number of anilines is 2. The second-order valence-electron chi connectivity index (χ2n) is 6.74.